The first-order chi connectivity index (χ1) is 28.9. The van der Waals surface area contributed by atoms with Crippen molar-refractivity contribution in [2.24, 2.45) is 0 Å². The van der Waals surface area contributed by atoms with Crippen molar-refractivity contribution < 1.29 is 63.1 Å². The number of carbonyl (C=O) groups is 2. The van der Waals surface area contributed by atoms with Crippen molar-refractivity contribution in [2.45, 2.75) is 204 Å². The van der Waals surface area contributed by atoms with E-state index in [0.717, 1.165) is 89.9 Å². The van der Waals surface area contributed by atoms with Gasteiger partial charge in [-0.05, 0) is 77.0 Å². The van der Waals surface area contributed by atoms with Crippen molar-refractivity contribution in [1.29, 1.82) is 0 Å². The molecule has 0 radical (unpaired) electrons. The fourth-order valence-electron chi connectivity index (χ4n) is 6.37. The summed E-state index contributed by atoms with van der Waals surface area (Å²) in [6, 6.07) is 0. The Kier molecular flexibility index (Phi) is 33.4. The number of ether oxygens (including phenoxy) is 2. The number of aliphatic hydroxyl groups is 5. The Morgan fingerprint density at radius 3 is 1.42 bits per heavy atom. The van der Waals surface area contributed by atoms with Gasteiger partial charge in [-0.1, -0.05) is 132 Å². The second-order valence-corrected chi connectivity index (χ2v) is 16.9. The van der Waals surface area contributed by atoms with E-state index in [-0.39, 0.29) is 12.8 Å². The highest BCUT2D eigenvalue weighted by Gasteiger charge is 2.51. The first kappa shape index (κ1) is 55.6. The minimum atomic E-state index is -5.13. The number of carbonyl (C=O) groups excluding carboxylic acids is 2. The van der Waals surface area contributed by atoms with Gasteiger partial charge in [-0.15, -0.1) is 0 Å². The van der Waals surface area contributed by atoms with Gasteiger partial charge in [0, 0.05) is 12.8 Å². The molecule has 60 heavy (non-hydrogen) atoms. The molecule has 0 saturated heterocycles. The van der Waals surface area contributed by atoms with Crippen LogP contribution in [0.4, 0.5) is 0 Å². The van der Waals surface area contributed by atoms with E-state index in [9.17, 15) is 44.6 Å². The van der Waals surface area contributed by atoms with Crippen LogP contribution in [-0.2, 0) is 32.7 Å². The largest absolute Gasteiger partial charge is 0.472 e. The maximum absolute atomic E-state index is 12.8. The number of aliphatic hydroxyl groups excluding tert-OH is 5. The lowest BCUT2D eigenvalue weighted by Gasteiger charge is -2.41. The van der Waals surface area contributed by atoms with E-state index < -0.39 is 75.7 Å². The van der Waals surface area contributed by atoms with Crippen molar-refractivity contribution in [3.63, 3.8) is 0 Å². The van der Waals surface area contributed by atoms with Crippen molar-refractivity contribution >= 4 is 19.8 Å². The predicted molar refractivity (Wildman–Crippen MR) is 235 cm³/mol. The Labute approximate surface area is 360 Å². The first-order valence-electron chi connectivity index (χ1n) is 22.6. The van der Waals surface area contributed by atoms with Crippen LogP contribution in [0.15, 0.2) is 60.8 Å². The van der Waals surface area contributed by atoms with Gasteiger partial charge in [-0.3, -0.25) is 18.6 Å². The average Bonchev–Trinajstić information content (AvgIpc) is 3.23. The smallest absolute Gasteiger partial charge is 0.462 e. The Hall–Kier alpha value is -2.45. The maximum Gasteiger partial charge on any atom is 0.472 e. The summed E-state index contributed by atoms with van der Waals surface area (Å²) < 4.78 is 33.5. The van der Waals surface area contributed by atoms with Gasteiger partial charge < -0.3 is 39.9 Å². The number of phosphoric ester groups is 1. The molecule has 14 heteroatoms. The minimum absolute atomic E-state index is 0.0653. The molecule has 0 aliphatic heterocycles. The van der Waals surface area contributed by atoms with E-state index in [1.54, 1.807) is 0 Å². The van der Waals surface area contributed by atoms with Crippen LogP contribution in [0.25, 0.3) is 0 Å². The van der Waals surface area contributed by atoms with Crippen LogP contribution in [0.3, 0.4) is 0 Å². The van der Waals surface area contributed by atoms with E-state index in [0.29, 0.717) is 12.8 Å². The third kappa shape index (κ3) is 28.2. The lowest BCUT2D eigenvalue weighted by molar-refractivity contribution is -0.220. The number of allylic oxidation sites excluding steroid dienone is 10. The summed E-state index contributed by atoms with van der Waals surface area (Å²) in [4.78, 5) is 35.7. The summed E-state index contributed by atoms with van der Waals surface area (Å²) in [5.74, 6) is -1.15. The standard InChI is InChI=1S/C46H79O13P/c1-3-5-7-9-11-13-15-17-19-20-21-23-25-27-29-31-33-35-40(48)58-38(37-57-60(54,55)59-46-44(52)42(50)41(49)43(51)45(46)53)36-56-39(47)34-32-30-28-26-24-22-18-16-14-12-10-8-6-4-2/h10-13,16-19,21,23,38,41-46,49-53H,3-9,14-15,20,22,24-37H2,1-2H3,(H,54,55)/b12-10-,13-11-,18-16-,19-17-,23-21-/t38-,41?,42-,43?,44?,45?,46?/m1/s1. The third-order valence-corrected chi connectivity index (χ3v) is 11.1. The van der Waals surface area contributed by atoms with E-state index in [4.69, 9.17) is 18.5 Å². The lowest BCUT2D eigenvalue weighted by atomic mass is 9.85. The molecule has 0 aromatic carbocycles. The van der Waals surface area contributed by atoms with Crippen LogP contribution in [-0.4, -0.2) is 98.3 Å². The zero-order chi connectivity index (χ0) is 44.3. The summed E-state index contributed by atoms with van der Waals surface area (Å²) in [6.45, 7) is 3.18. The molecular weight excluding hydrogens is 791 g/mol. The van der Waals surface area contributed by atoms with Gasteiger partial charge in [0.1, 0.15) is 43.2 Å². The second kappa shape index (κ2) is 36.1. The molecule has 1 saturated carbocycles. The zero-order valence-electron chi connectivity index (χ0n) is 36.5. The van der Waals surface area contributed by atoms with E-state index >= 15 is 0 Å². The number of esters is 2. The average molecular weight is 871 g/mol. The van der Waals surface area contributed by atoms with Gasteiger partial charge in [0.25, 0.3) is 0 Å². The van der Waals surface area contributed by atoms with Gasteiger partial charge >= 0.3 is 19.8 Å². The van der Waals surface area contributed by atoms with Crippen LogP contribution >= 0.6 is 7.82 Å². The van der Waals surface area contributed by atoms with Crippen LogP contribution in [0.1, 0.15) is 162 Å². The highest BCUT2D eigenvalue weighted by molar-refractivity contribution is 7.47. The molecule has 8 atom stereocenters. The van der Waals surface area contributed by atoms with Crippen LogP contribution in [0, 0.1) is 0 Å². The van der Waals surface area contributed by atoms with Crippen LogP contribution < -0.4 is 0 Å². The molecule has 0 spiro atoms. The molecule has 1 rings (SSSR count). The second-order valence-electron chi connectivity index (χ2n) is 15.5. The highest BCUT2D eigenvalue weighted by atomic mass is 31.2. The summed E-state index contributed by atoms with van der Waals surface area (Å²) in [6.07, 6.45) is 29.8. The molecule has 0 heterocycles. The zero-order valence-corrected chi connectivity index (χ0v) is 37.4. The molecule has 0 aromatic rings. The first-order valence-corrected chi connectivity index (χ1v) is 24.1. The van der Waals surface area contributed by atoms with E-state index in [1.165, 1.54) is 32.1 Å². The van der Waals surface area contributed by atoms with E-state index in [2.05, 4.69) is 74.6 Å². The Balaban J connectivity index is 2.51. The van der Waals surface area contributed by atoms with Crippen molar-refractivity contribution in [1.82, 2.24) is 0 Å². The number of unbranched alkanes of at least 4 members (excludes halogenated alkanes) is 14. The highest BCUT2D eigenvalue weighted by Crippen LogP contribution is 2.47. The SMILES string of the molecule is CCCC/C=C\C/C=C\CCCCCCCC(=O)OC[C@H](COP(=O)(O)OC1C(O)C(O)C(O)[C@@H](O)C1O)OC(=O)CCCCCC/C=C\C/C=C\C/C=C\CCCCC. The fraction of sp³-hybridized carbons (Fsp3) is 0.739. The Morgan fingerprint density at radius 2 is 0.917 bits per heavy atom. The van der Waals surface area contributed by atoms with Crippen molar-refractivity contribution in [3.8, 4) is 0 Å². The van der Waals surface area contributed by atoms with E-state index in [1.807, 2.05) is 0 Å². The minimum Gasteiger partial charge on any atom is -0.462 e. The predicted octanol–water partition coefficient (Wildman–Crippen LogP) is 8.55. The molecule has 0 bridgehead atoms. The molecule has 13 nitrogen and oxygen atoms in total. The van der Waals surface area contributed by atoms with Gasteiger partial charge in [0.05, 0.1) is 6.61 Å². The fourth-order valence-corrected chi connectivity index (χ4v) is 7.34. The molecular formula is C46H79O13P. The van der Waals surface area contributed by atoms with Gasteiger partial charge in [-0.2, -0.15) is 0 Å². The van der Waals surface area contributed by atoms with Gasteiger partial charge in [-0.25, -0.2) is 4.57 Å². The van der Waals surface area contributed by atoms with Crippen LogP contribution in [0.5, 0.6) is 0 Å². The summed E-state index contributed by atoms with van der Waals surface area (Å²) >= 11 is 0. The molecule has 0 aromatic heterocycles. The normalized spacial score (nSPS) is 22.7. The molecule has 6 unspecified atom stereocenters. The molecule has 0 amide bonds. The number of phosphoric acid groups is 1. The van der Waals surface area contributed by atoms with Gasteiger partial charge in [0.15, 0.2) is 6.10 Å². The third-order valence-electron chi connectivity index (χ3n) is 10.1. The number of hydrogen-bond acceptors (Lipinski definition) is 12. The summed E-state index contributed by atoms with van der Waals surface area (Å²) in [5, 5.41) is 50.1. The summed E-state index contributed by atoms with van der Waals surface area (Å²) in [5.41, 5.74) is 0. The van der Waals surface area contributed by atoms with Crippen LogP contribution in [0.2, 0.25) is 0 Å². The molecule has 1 fully saturated rings. The molecule has 1 aliphatic carbocycles. The lowest BCUT2D eigenvalue weighted by Crippen LogP contribution is -2.64. The van der Waals surface area contributed by atoms with Gasteiger partial charge in [0.2, 0.25) is 0 Å². The Bertz CT molecular complexity index is 1280. The quantitative estimate of drug-likeness (QED) is 0.0151. The van der Waals surface area contributed by atoms with Crippen molar-refractivity contribution in [2.75, 3.05) is 13.2 Å². The number of rotatable bonds is 36. The number of hydrogen-bond donors (Lipinski definition) is 6. The molecule has 6 N–H and O–H groups in total. The topological polar surface area (TPSA) is 210 Å². The summed E-state index contributed by atoms with van der Waals surface area (Å²) in [7, 11) is -5.13. The molecule has 1 aliphatic rings. The molecule has 346 valence electrons. The monoisotopic (exact) mass is 871 g/mol. The van der Waals surface area contributed by atoms with Crippen molar-refractivity contribution in [3.05, 3.63) is 60.8 Å². The maximum atomic E-state index is 12.8. The Morgan fingerprint density at radius 1 is 0.517 bits per heavy atom.